The van der Waals surface area contributed by atoms with Crippen molar-refractivity contribution in [3.8, 4) is 0 Å². The summed E-state index contributed by atoms with van der Waals surface area (Å²) in [7, 11) is 0. The average Bonchev–Trinajstić information content (AvgIpc) is 3.42. The Bertz CT molecular complexity index is 2230. The van der Waals surface area contributed by atoms with Gasteiger partial charge in [-0.2, -0.15) is 0 Å². The van der Waals surface area contributed by atoms with Gasteiger partial charge in [0.2, 0.25) is 59.1 Å². The summed E-state index contributed by atoms with van der Waals surface area (Å²) in [4.78, 5) is 149. The second-order valence-electron chi connectivity index (χ2n) is 20.2. The van der Waals surface area contributed by atoms with Crippen molar-refractivity contribution in [2.45, 2.75) is 165 Å². The minimum atomic E-state index is -1.72. The minimum absolute atomic E-state index is 0.0245. The number of carbonyl (C=O) groups is 11. The second-order valence-corrected chi connectivity index (χ2v) is 20.2. The van der Waals surface area contributed by atoms with E-state index in [1.807, 2.05) is 0 Å². The Morgan fingerprint density at radius 1 is 0.593 bits per heavy atom. The Balaban J connectivity index is 2.67. The first-order valence-electron chi connectivity index (χ1n) is 27.2. The zero-order chi connectivity index (χ0) is 60.8. The van der Waals surface area contributed by atoms with E-state index in [0.717, 1.165) is 0 Å². The SMILES string of the molecule is CC(C)C[C@@H]1NC(=O)[C@@H](Cc2ccccc2)NC(=O)[C@H](CCN)NC[C@@H](NC(=O)[C@H](CCN)NC(=O)[C@@H](NC(=O)[C@H](CCN)NC(=O)CCC(=O)O)C(C)O)CCNC(=O)[C@H](C(C)O)NC(=O)[C@H](CCN)NC(=O)[C@H](CCN)NC1=O. The van der Waals surface area contributed by atoms with Crippen LogP contribution in [0.3, 0.4) is 0 Å². The first-order chi connectivity index (χ1) is 38.4. The molecule has 2 rings (SSSR count). The number of carboxylic acid groups (broad SMARTS) is 1. The molecule has 1 aliphatic rings. The Kier molecular flexibility index (Phi) is 32.2. The average molecular weight is 1150 g/mol. The van der Waals surface area contributed by atoms with Crippen LogP contribution < -0.4 is 87.2 Å². The fourth-order valence-corrected chi connectivity index (χ4v) is 8.44. The molecule has 456 valence electrons. The van der Waals surface area contributed by atoms with Gasteiger partial charge in [0.25, 0.3) is 0 Å². The molecule has 0 saturated carbocycles. The molecule has 1 aromatic rings. The van der Waals surface area contributed by atoms with Gasteiger partial charge in [0.05, 0.1) is 24.7 Å². The molecular weight excluding hydrogens is 1060 g/mol. The van der Waals surface area contributed by atoms with Crippen LogP contribution in [0.25, 0.3) is 0 Å². The van der Waals surface area contributed by atoms with Crippen molar-refractivity contribution in [1.82, 2.24) is 58.5 Å². The van der Waals surface area contributed by atoms with Crippen molar-refractivity contribution in [2.75, 3.05) is 45.8 Å². The molecule has 10 amide bonds. The summed E-state index contributed by atoms with van der Waals surface area (Å²) in [5.74, 6) is -10.0. The van der Waals surface area contributed by atoms with Gasteiger partial charge in [-0.1, -0.05) is 44.2 Å². The van der Waals surface area contributed by atoms with Gasteiger partial charge < -0.3 is 102 Å². The number of rotatable bonds is 26. The molecule has 0 spiro atoms. The topological polar surface area (TPSA) is 511 Å². The van der Waals surface area contributed by atoms with Crippen molar-refractivity contribution in [2.24, 2.45) is 34.6 Å². The molecule has 1 saturated heterocycles. The lowest BCUT2D eigenvalue weighted by Crippen LogP contribution is -2.61. The smallest absolute Gasteiger partial charge is 0.303 e. The lowest BCUT2D eigenvalue weighted by Gasteiger charge is -2.29. The largest absolute Gasteiger partial charge is 0.481 e. The number of aliphatic carboxylic acids is 1. The van der Waals surface area contributed by atoms with Crippen LogP contribution in [0.1, 0.15) is 91.0 Å². The van der Waals surface area contributed by atoms with Crippen LogP contribution in [0.15, 0.2) is 30.3 Å². The number of benzene rings is 1. The van der Waals surface area contributed by atoms with Gasteiger partial charge in [-0.25, -0.2) is 0 Å². The Labute approximate surface area is 471 Å². The Morgan fingerprint density at radius 3 is 1.63 bits per heavy atom. The summed E-state index contributed by atoms with van der Waals surface area (Å²) < 4.78 is 0. The van der Waals surface area contributed by atoms with E-state index in [1.165, 1.54) is 13.8 Å². The first kappa shape index (κ1) is 70.2. The number of nitrogens with one attached hydrogen (secondary N) is 11. The Morgan fingerprint density at radius 2 is 1.10 bits per heavy atom. The van der Waals surface area contributed by atoms with E-state index in [-0.39, 0.29) is 103 Å². The third-order valence-electron chi connectivity index (χ3n) is 12.8. The quantitative estimate of drug-likeness (QED) is 0.0410. The van der Waals surface area contributed by atoms with Crippen LogP contribution in [-0.4, -0.2) is 199 Å². The van der Waals surface area contributed by atoms with E-state index in [0.29, 0.717) is 5.56 Å². The highest BCUT2D eigenvalue weighted by Crippen LogP contribution is 2.11. The molecule has 1 aromatic carbocycles. The maximum Gasteiger partial charge on any atom is 0.303 e. The van der Waals surface area contributed by atoms with Gasteiger partial charge in [0.1, 0.15) is 48.3 Å². The van der Waals surface area contributed by atoms with Crippen molar-refractivity contribution >= 4 is 65.0 Å². The van der Waals surface area contributed by atoms with E-state index < -0.39 is 151 Å². The van der Waals surface area contributed by atoms with E-state index >= 15 is 0 Å². The highest BCUT2D eigenvalue weighted by atomic mass is 16.4. The van der Waals surface area contributed by atoms with E-state index in [4.69, 9.17) is 33.8 Å². The van der Waals surface area contributed by atoms with Gasteiger partial charge in [-0.15, -0.1) is 0 Å². The normalized spacial score (nSPS) is 23.0. The number of amides is 10. The zero-order valence-electron chi connectivity index (χ0n) is 46.6. The molecule has 30 heteroatoms. The molecule has 0 bridgehead atoms. The highest BCUT2D eigenvalue weighted by Gasteiger charge is 2.36. The van der Waals surface area contributed by atoms with Crippen molar-refractivity contribution in [1.29, 1.82) is 0 Å². The Hall–Kier alpha value is -6.93. The molecule has 0 radical (unpaired) electrons. The molecule has 2 unspecified atom stereocenters. The van der Waals surface area contributed by atoms with Gasteiger partial charge in [0.15, 0.2) is 0 Å². The molecule has 12 atom stereocenters. The molecule has 30 nitrogen and oxygen atoms in total. The standard InChI is InChI=1S/C51H88N16O14/c1-27(2)24-37-48(78)62-35(15-21-55)45(75)61-36(16-22-56)47(77)66-41(28(3)68)50(80)57-23-17-31(26-58-32(12-18-52)43(73)65-38(49(79)64-37)25-30-8-6-5-7-9-30)59-44(74)34(14-20-54)63-51(81)42(29(4)69)67-46(76)33(13-19-53)60-39(70)10-11-40(71)72/h5-9,27-29,31-38,41-42,58,68-69H,10-26,52-56H2,1-4H3,(H,57,80)(H,59,74)(H,60,70)(H,61,75)(H,62,78)(H,63,81)(H,64,79)(H,65,73)(H,66,77)(H,67,76)(H,71,72)/t28?,29?,31-,32-,33-,34-,35-,36-,37-,38+,41-,42-/m0/s1. The predicted octanol–water partition coefficient (Wildman–Crippen LogP) is -7.51. The van der Waals surface area contributed by atoms with Crippen LogP contribution in [0.5, 0.6) is 0 Å². The number of aliphatic hydroxyl groups is 2. The van der Waals surface area contributed by atoms with Crippen LogP contribution in [-0.2, 0) is 59.2 Å². The van der Waals surface area contributed by atoms with E-state index in [2.05, 4.69) is 58.5 Å². The van der Waals surface area contributed by atoms with Crippen molar-refractivity contribution in [3.63, 3.8) is 0 Å². The number of hydrogen-bond acceptors (Lipinski definition) is 19. The number of carboxylic acids is 1. The summed E-state index contributed by atoms with van der Waals surface area (Å²) in [6.07, 6.45) is -4.82. The van der Waals surface area contributed by atoms with Gasteiger partial charge in [-0.05, 0) is 103 Å². The summed E-state index contributed by atoms with van der Waals surface area (Å²) >= 11 is 0. The molecular formula is C51H88N16O14. The second kappa shape index (κ2) is 37.2. The van der Waals surface area contributed by atoms with Crippen LogP contribution in [0.4, 0.5) is 0 Å². The maximum atomic E-state index is 14.4. The fraction of sp³-hybridized carbons (Fsp3) is 0.667. The predicted molar refractivity (Wildman–Crippen MR) is 295 cm³/mol. The molecule has 0 aliphatic carbocycles. The monoisotopic (exact) mass is 1150 g/mol. The number of nitrogens with two attached hydrogens (primary N) is 5. The van der Waals surface area contributed by atoms with Gasteiger partial charge >= 0.3 is 5.97 Å². The van der Waals surface area contributed by atoms with Crippen LogP contribution in [0.2, 0.25) is 0 Å². The third kappa shape index (κ3) is 25.6. The molecule has 1 aliphatic heterocycles. The lowest BCUT2D eigenvalue weighted by atomic mass is 10.00. The fourth-order valence-electron chi connectivity index (χ4n) is 8.44. The highest BCUT2D eigenvalue weighted by molar-refractivity contribution is 5.98. The maximum absolute atomic E-state index is 14.4. The summed E-state index contributed by atoms with van der Waals surface area (Å²) in [5, 5.41) is 59.2. The van der Waals surface area contributed by atoms with Gasteiger partial charge in [-0.3, -0.25) is 52.7 Å². The lowest BCUT2D eigenvalue weighted by molar-refractivity contribution is -0.139. The third-order valence-corrected chi connectivity index (χ3v) is 12.8. The minimum Gasteiger partial charge on any atom is -0.481 e. The van der Waals surface area contributed by atoms with Crippen LogP contribution >= 0.6 is 0 Å². The summed E-state index contributed by atoms with van der Waals surface area (Å²) in [6, 6.07) is -4.90. The number of aliphatic hydroxyl groups excluding tert-OH is 2. The van der Waals surface area contributed by atoms with Crippen LogP contribution in [0, 0.1) is 5.92 Å². The van der Waals surface area contributed by atoms with E-state index in [9.17, 15) is 63.0 Å². The van der Waals surface area contributed by atoms with E-state index in [1.54, 1.807) is 44.2 Å². The molecule has 0 aromatic heterocycles. The van der Waals surface area contributed by atoms with Crippen molar-refractivity contribution in [3.05, 3.63) is 35.9 Å². The number of hydrogen-bond donors (Lipinski definition) is 19. The molecule has 1 fully saturated rings. The van der Waals surface area contributed by atoms with Gasteiger partial charge in [0, 0.05) is 32.0 Å². The summed E-state index contributed by atoms with van der Waals surface area (Å²) in [6.45, 7) is 4.93. The summed E-state index contributed by atoms with van der Waals surface area (Å²) in [5.41, 5.74) is 29.9. The molecule has 1 heterocycles. The number of carbonyl (C=O) groups excluding carboxylic acids is 10. The molecule has 24 N–H and O–H groups in total. The first-order valence-corrected chi connectivity index (χ1v) is 27.2. The molecule has 81 heavy (non-hydrogen) atoms. The van der Waals surface area contributed by atoms with Crippen molar-refractivity contribution < 1.29 is 68.1 Å². The zero-order valence-corrected chi connectivity index (χ0v) is 46.6.